The molecule has 108 valence electrons. The Bertz CT molecular complexity index is 212. The van der Waals surface area contributed by atoms with Gasteiger partial charge in [-0.2, -0.15) is 0 Å². The van der Waals surface area contributed by atoms with Crippen LogP contribution in [0.1, 0.15) is 27.2 Å². The van der Waals surface area contributed by atoms with Crippen LogP contribution in [0.4, 0.5) is 0 Å². The van der Waals surface area contributed by atoms with Crippen LogP contribution in [-0.2, 0) is 4.74 Å². The molecule has 18 heavy (non-hydrogen) atoms. The molecular formula is C14H30N2O2. The van der Waals surface area contributed by atoms with E-state index in [0.29, 0.717) is 6.10 Å². The molecule has 0 aromatic rings. The SMILES string of the molecule is CCN(CCCO)CC1CN(CC(C)C)CCO1. The third-order valence-electron chi connectivity index (χ3n) is 3.39. The van der Waals surface area contributed by atoms with Crippen molar-refractivity contribution in [2.75, 3.05) is 52.5 Å². The number of nitrogens with zero attached hydrogens (tertiary/aromatic N) is 2. The van der Waals surface area contributed by atoms with Gasteiger partial charge in [-0.05, 0) is 18.9 Å². The van der Waals surface area contributed by atoms with E-state index >= 15 is 0 Å². The lowest BCUT2D eigenvalue weighted by molar-refractivity contribution is -0.0458. The third kappa shape index (κ3) is 6.14. The van der Waals surface area contributed by atoms with Gasteiger partial charge in [-0.1, -0.05) is 20.8 Å². The molecule has 0 saturated carbocycles. The monoisotopic (exact) mass is 258 g/mol. The molecule has 0 aromatic heterocycles. The highest BCUT2D eigenvalue weighted by atomic mass is 16.5. The van der Waals surface area contributed by atoms with E-state index in [4.69, 9.17) is 9.84 Å². The van der Waals surface area contributed by atoms with Crippen LogP contribution < -0.4 is 0 Å². The average molecular weight is 258 g/mol. The third-order valence-corrected chi connectivity index (χ3v) is 3.39. The summed E-state index contributed by atoms with van der Waals surface area (Å²) >= 11 is 0. The van der Waals surface area contributed by atoms with Gasteiger partial charge in [-0.15, -0.1) is 0 Å². The molecule has 1 fully saturated rings. The van der Waals surface area contributed by atoms with Gasteiger partial charge in [0.25, 0.3) is 0 Å². The molecule has 4 heteroatoms. The zero-order valence-electron chi connectivity index (χ0n) is 12.3. The molecule has 1 N–H and O–H groups in total. The molecule has 1 heterocycles. The summed E-state index contributed by atoms with van der Waals surface area (Å²) in [5.74, 6) is 0.723. The van der Waals surface area contributed by atoms with Crippen molar-refractivity contribution >= 4 is 0 Å². The van der Waals surface area contributed by atoms with E-state index < -0.39 is 0 Å². The molecule has 0 aliphatic carbocycles. The van der Waals surface area contributed by atoms with Gasteiger partial charge in [0.15, 0.2) is 0 Å². The molecule has 1 aliphatic heterocycles. The van der Waals surface area contributed by atoms with E-state index in [-0.39, 0.29) is 6.61 Å². The van der Waals surface area contributed by atoms with Gasteiger partial charge >= 0.3 is 0 Å². The highest BCUT2D eigenvalue weighted by Crippen LogP contribution is 2.09. The number of likely N-dealkylation sites (N-methyl/N-ethyl adjacent to an activating group) is 1. The van der Waals surface area contributed by atoms with Gasteiger partial charge < -0.3 is 14.7 Å². The summed E-state index contributed by atoms with van der Waals surface area (Å²) in [6, 6.07) is 0. The Labute approximate surface area is 112 Å². The number of ether oxygens (including phenoxy) is 1. The number of hydrogen-bond acceptors (Lipinski definition) is 4. The van der Waals surface area contributed by atoms with E-state index in [0.717, 1.165) is 51.7 Å². The largest absolute Gasteiger partial charge is 0.396 e. The Morgan fingerprint density at radius 3 is 2.83 bits per heavy atom. The Morgan fingerprint density at radius 1 is 1.44 bits per heavy atom. The predicted octanol–water partition coefficient (Wildman–Crippen LogP) is 1.05. The molecule has 1 atom stereocenters. The fraction of sp³-hybridized carbons (Fsp3) is 1.00. The fourth-order valence-corrected chi connectivity index (χ4v) is 2.53. The number of rotatable bonds is 8. The van der Waals surface area contributed by atoms with Crippen molar-refractivity contribution in [3.8, 4) is 0 Å². The maximum atomic E-state index is 8.89. The standard InChI is InChI=1S/C14H30N2O2/c1-4-15(6-5-8-17)11-14-12-16(7-9-18-14)10-13(2)3/h13-14,17H,4-12H2,1-3H3. The first-order chi connectivity index (χ1) is 8.65. The summed E-state index contributed by atoms with van der Waals surface area (Å²) in [6.07, 6.45) is 1.19. The first kappa shape index (κ1) is 15.9. The summed E-state index contributed by atoms with van der Waals surface area (Å²) in [5, 5.41) is 8.89. The highest BCUT2D eigenvalue weighted by Gasteiger charge is 2.22. The number of morpholine rings is 1. The van der Waals surface area contributed by atoms with Crippen LogP contribution in [0.25, 0.3) is 0 Å². The van der Waals surface area contributed by atoms with Crippen molar-refractivity contribution in [3.05, 3.63) is 0 Å². The maximum absolute atomic E-state index is 8.89. The van der Waals surface area contributed by atoms with Crippen molar-refractivity contribution in [1.82, 2.24) is 9.80 Å². The molecule has 0 aromatic carbocycles. The van der Waals surface area contributed by atoms with Crippen molar-refractivity contribution in [2.45, 2.75) is 33.3 Å². The second-order valence-corrected chi connectivity index (χ2v) is 5.62. The molecule has 1 aliphatic rings. The zero-order valence-corrected chi connectivity index (χ0v) is 12.3. The predicted molar refractivity (Wildman–Crippen MR) is 74.8 cm³/mol. The van der Waals surface area contributed by atoms with Gasteiger partial charge in [0.05, 0.1) is 12.7 Å². The van der Waals surface area contributed by atoms with E-state index in [9.17, 15) is 0 Å². The van der Waals surface area contributed by atoms with E-state index in [1.807, 2.05) is 0 Å². The van der Waals surface area contributed by atoms with Crippen LogP contribution in [0.5, 0.6) is 0 Å². The quantitative estimate of drug-likeness (QED) is 0.706. The van der Waals surface area contributed by atoms with Gasteiger partial charge in [-0.3, -0.25) is 4.90 Å². The number of aliphatic hydroxyl groups excluding tert-OH is 1. The Morgan fingerprint density at radius 2 is 2.22 bits per heavy atom. The average Bonchev–Trinajstić information content (AvgIpc) is 2.34. The van der Waals surface area contributed by atoms with Gasteiger partial charge in [0, 0.05) is 39.3 Å². The maximum Gasteiger partial charge on any atom is 0.0829 e. The Balaban J connectivity index is 2.31. The van der Waals surface area contributed by atoms with E-state index in [1.54, 1.807) is 0 Å². The van der Waals surface area contributed by atoms with Crippen molar-refractivity contribution < 1.29 is 9.84 Å². The molecule has 0 spiro atoms. The molecule has 0 bridgehead atoms. The molecule has 0 amide bonds. The van der Waals surface area contributed by atoms with E-state index in [1.165, 1.54) is 6.54 Å². The van der Waals surface area contributed by atoms with Gasteiger partial charge in [0.2, 0.25) is 0 Å². The second-order valence-electron chi connectivity index (χ2n) is 5.62. The van der Waals surface area contributed by atoms with Crippen LogP contribution in [-0.4, -0.2) is 73.5 Å². The molecule has 1 saturated heterocycles. The lowest BCUT2D eigenvalue weighted by Gasteiger charge is -2.36. The summed E-state index contributed by atoms with van der Waals surface area (Å²) < 4.78 is 5.86. The van der Waals surface area contributed by atoms with Crippen molar-refractivity contribution in [3.63, 3.8) is 0 Å². The van der Waals surface area contributed by atoms with Gasteiger partial charge in [0.1, 0.15) is 0 Å². The lowest BCUT2D eigenvalue weighted by atomic mass is 10.1. The number of hydrogen-bond donors (Lipinski definition) is 1. The number of aliphatic hydroxyl groups is 1. The second kappa shape index (κ2) is 8.86. The van der Waals surface area contributed by atoms with Crippen LogP contribution in [0.3, 0.4) is 0 Å². The summed E-state index contributed by atoms with van der Waals surface area (Å²) in [5.41, 5.74) is 0. The van der Waals surface area contributed by atoms with Crippen LogP contribution in [0, 0.1) is 5.92 Å². The minimum Gasteiger partial charge on any atom is -0.396 e. The summed E-state index contributed by atoms with van der Waals surface area (Å²) in [4.78, 5) is 4.89. The highest BCUT2D eigenvalue weighted by molar-refractivity contribution is 4.75. The summed E-state index contributed by atoms with van der Waals surface area (Å²) in [7, 11) is 0. The first-order valence-corrected chi connectivity index (χ1v) is 7.32. The van der Waals surface area contributed by atoms with Crippen molar-refractivity contribution in [2.24, 2.45) is 5.92 Å². The summed E-state index contributed by atoms with van der Waals surface area (Å²) in [6.45, 7) is 14.1. The Kier molecular flexibility index (Phi) is 7.82. The normalized spacial score (nSPS) is 22.0. The molecule has 0 radical (unpaired) electrons. The topological polar surface area (TPSA) is 35.9 Å². The minimum absolute atomic E-state index is 0.279. The van der Waals surface area contributed by atoms with E-state index in [2.05, 4.69) is 30.6 Å². The van der Waals surface area contributed by atoms with Crippen LogP contribution in [0.15, 0.2) is 0 Å². The minimum atomic E-state index is 0.279. The Hall–Kier alpha value is -0.160. The molecule has 1 rings (SSSR count). The zero-order chi connectivity index (χ0) is 13.4. The first-order valence-electron chi connectivity index (χ1n) is 7.32. The molecule has 1 unspecified atom stereocenters. The van der Waals surface area contributed by atoms with Crippen LogP contribution in [0.2, 0.25) is 0 Å². The molecular weight excluding hydrogens is 228 g/mol. The van der Waals surface area contributed by atoms with Crippen molar-refractivity contribution in [1.29, 1.82) is 0 Å². The van der Waals surface area contributed by atoms with Crippen LogP contribution >= 0.6 is 0 Å². The lowest BCUT2D eigenvalue weighted by Crippen LogP contribution is -2.48. The van der Waals surface area contributed by atoms with Gasteiger partial charge in [-0.25, -0.2) is 0 Å². The molecule has 4 nitrogen and oxygen atoms in total. The fourth-order valence-electron chi connectivity index (χ4n) is 2.53. The smallest absolute Gasteiger partial charge is 0.0829 e.